The van der Waals surface area contributed by atoms with Crippen molar-refractivity contribution in [1.82, 2.24) is 9.97 Å². The lowest BCUT2D eigenvalue weighted by Gasteiger charge is -2.29. The number of aromatic nitrogens is 2. The number of rotatable bonds is 2. The summed E-state index contributed by atoms with van der Waals surface area (Å²) in [6.07, 6.45) is 6.01. The van der Waals surface area contributed by atoms with Gasteiger partial charge in [0.25, 0.3) is 0 Å². The molecule has 1 aliphatic rings. The second kappa shape index (κ2) is 4.91. The summed E-state index contributed by atoms with van der Waals surface area (Å²) >= 11 is 0. The van der Waals surface area contributed by atoms with Crippen molar-refractivity contribution in [2.75, 3.05) is 0 Å². The van der Waals surface area contributed by atoms with Crippen LogP contribution in [0.15, 0.2) is 12.3 Å². The number of hydrogen-bond acceptors (Lipinski definition) is 3. The van der Waals surface area contributed by atoms with E-state index in [1.165, 1.54) is 12.8 Å². The number of aliphatic hydroxyl groups excluding tert-OH is 1. The van der Waals surface area contributed by atoms with Gasteiger partial charge in [-0.05, 0) is 37.7 Å². The molecule has 1 atom stereocenters. The van der Waals surface area contributed by atoms with Gasteiger partial charge in [-0.25, -0.2) is 9.97 Å². The minimum Gasteiger partial charge on any atom is -0.387 e. The highest BCUT2D eigenvalue weighted by atomic mass is 16.3. The standard InChI is InChI=1S/C13H20N2O/c1-9-3-5-11(6-4-9)13(16)12-7-8-14-10(2)15-12/h7-9,11,13,16H,3-6H2,1-2H3. The Hall–Kier alpha value is -0.960. The van der Waals surface area contributed by atoms with Gasteiger partial charge in [0.15, 0.2) is 0 Å². The third-order valence-electron chi connectivity index (χ3n) is 3.61. The fourth-order valence-corrected chi connectivity index (χ4v) is 2.48. The molecule has 3 nitrogen and oxygen atoms in total. The van der Waals surface area contributed by atoms with Crippen LogP contribution in [0.3, 0.4) is 0 Å². The van der Waals surface area contributed by atoms with Crippen LogP contribution >= 0.6 is 0 Å². The maximum Gasteiger partial charge on any atom is 0.125 e. The van der Waals surface area contributed by atoms with E-state index in [9.17, 15) is 5.11 Å². The van der Waals surface area contributed by atoms with Crippen LogP contribution in [-0.2, 0) is 0 Å². The lowest BCUT2D eigenvalue weighted by Crippen LogP contribution is -2.20. The first-order chi connectivity index (χ1) is 7.66. The average molecular weight is 220 g/mol. The van der Waals surface area contributed by atoms with E-state index in [0.717, 1.165) is 30.3 Å². The van der Waals surface area contributed by atoms with E-state index in [0.29, 0.717) is 5.92 Å². The zero-order valence-electron chi connectivity index (χ0n) is 10.1. The van der Waals surface area contributed by atoms with Crippen LogP contribution in [0, 0.1) is 18.8 Å². The molecule has 0 spiro atoms. The summed E-state index contributed by atoms with van der Waals surface area (Å²) in [5.74, 6) is 1.93. The van der Waals surface area contributed by atoms with Crippen molar-refractivity contribution in [1.29, 1.82) is 0 Å². The highest BCUT2D eigenvalue weighted by molar-refractivity contribution is 5.06. The third kappa shape index (κ3) is 2.59. The van der Waals surface area contributed by atoms with Crippen molar-refractivity contribution in [3.8, 4) is 0 Å². The second-order valence-corrected chi connectivity index (χ2v) is 4.99. The van der Waals surface area contributed by atoms with E-state index in [-0.39, 0.29) is 0 Å². The van der Waals surface area contributed by atoms with Crippen LogP contribution < -0.4 is 0 Å². The van der Waals surface area contributed by atoms with E-state index < -0.39 is 6.10 Å². The molecule has 0 amide bonds. The van der Waals surface area contributed by atoms with Crippen molar-refractivity contribution in [3.63, 3.8) is 0 Å². The zero-order valence-corrected chi connectivity index (χ0v) is 10.1. The molecule has 3 heteroatoms. The molecule has 1 heterocycles. The molecule has 1 fully saturated rings. The van der Waals surface area contributed by atoms with E-state index >= 15 is 0 Å². The molecule has 1 aromatic heterocycles. The number of hydrogen-bond donors (Lipinski definition) is 1. The number of aryl methyl sites for hydroxylation is 1. The summed E-state index contributed by atoms with van der Waals surface area (Å²) in [5, 5.41) is 10.3. The molecule has 0 saturated heterocycles. The smallest absolute Gasteiger partial charge is 0.125 e. The SMILES string of the molecule is Cc1nccc(C(O)C2CCC(C)CC2)n1. The van der Waals surface area contributed by atoms with Gasteiger partial charge in [-0.2, -0.15) is 0 Å². The van der Waals surface area contributed by atoms with Crippen molar-refractivity contribution in [2.45, 2.75) is 45.6 Å². The molecular formula is C13H20N2O. The van der Waals surface area contributed by atoms with E-state index in [4.69, 9.17) is 0 Å². The Morgan fingerprint density at radius 1 is 1.31 bits per heavy atom. The first kappa shape index (κ1) is 11.5. The monoisotopic (exact) mass is 220 g/mol. The molecule has 0 radical (unpaired) electrons. The molecule has 1 saturated carbocycles. The summed E-state index contributed by atoms with van der Waals surface area (Å²) in [6.45, 7) is 4.15. The van der Waals surface area contributed by atoms with Crippen LogP contribution in [0.4, 0.5) is 0 Å². The molecule has 1 N–H and O–H groups in total. The van der Waals surface area contributed by atoms with Gasteiger partial charge in [0.05, 0.1) is 11.8 Å². The Balaban J connectivity index is 2.04. The number of nitrogens with zero attached hydrogens (tertiary/aromatic N) is 2. The Morgan fingerprint density at radius 3 is 2.62 bits per heavy atom. The Morgan fingerprint density at radius 2 is 2.00 bits per heavy atom. The summed E-state index contributed by atoms with van der Waals surface area (Å²) in [5.41, 5.74) is 0.784. The molecule has 2 rings (SSSR count). The van der Waals surface area contributed by atoms with Gasteiger partial charge in [0.2, 0.25) is 0 Å². The number of aliphatic hydroxyl groups is 1. The van der Waals surface area contributed by atoms with Crippen LogP contribution in [0.25, 0.3) is 0 Å². The van der Waals surface area contributed by atoms with Gasteiger partial charge in [-0.15, -0.1) is 0 Å². The largest absolute Gasteiger partial charge is 0.387 e. The van der Waals surface area contributed by atoms with E-state index in [1.807, 2.05) is 13.0 Å². The molecular weight excluding hydrogens is 200 g/mol. The lowest BCUT2D eigenvalue weighted by molar-refractivity contribution is 0.0718. The highest BCUT2D eigenvalue weighted by Crippen LogP contribution is 2.35. The summed E-state index contributed by atoms with van der Waals surface area (Å²) < 4.78 is 0. The molecule has 1 aromatic rings. The fraction of sp³-hybridized carbons (Fsp3) is 0.692. The minimum atomic E-state index is -0.408. The van der Waals surface area contributed by atoms with Gasteiger partial charge < -0.3 is 5.11 Å². The predicted molar refractivity (Wildman–Crippen MR) is 62.9 cm³/mol. The summed E-state index contributed by atoms with van der Waals surface area (Å²) in [6, 6.07) is 1.83. The van der Waals surface area contributed by atoms with Crippen molar-refractivity contribution in [2.24, 2.45) is 11.8 Å². The topological polar surface area (TPSA) is 46.0 Å². The second-order valence-electron chi connectivity index (χ2n) is 4.99. The quantitative estimate of drug-likeness (QED) is 0.833. The van der Waals surface area contributed by atoms with Gasteiger partial charge in [0, 0.05) is 6.20 Å². The fourth-order valence-electron chi connectivity index (χ4n) is 2.48. The van der Waals surface area contributed by atoms with Gasteiger partial charge in [0.1, 0.15) is 5.82 Å². The molecule has 88 valence electrons. The normalized spacial score (nSPS) is 27.7. The maximum atomic E-state index is 10.3. The third-order valence-corrected chi connectivity index (χ3v) is 3.61. The van der Waals surface area contributed by atoms with Crippen molar-refractivity contribution >= 4 is 0 Å². The van der Waals surface area contributed by atoms with Crippen LogP contribution in [0.5, 0.6) is 0 Å². The van der Waals surface area contributed by atoms with E-state index in [1.54, 1.807) is 6.20 Å². The van der Waals surface area contributed by atoms with Gasteiger partial charge in [-0.1, -0.05) is 19.8 Å². The van der Waals surface area contributed by atoms with Crippen molar-refractivity contribution in [3.05, 3.63) is 23.8 Å². The van der Waals surface area contributed by atoms with Crippen LogP contribution in [-0.4, -0.2) is 15.1 Å². The van der Waals surface area contributed by atoms with E-state index in [2.05, 4.69) is 16.9 Å². The molecule has 1 unspecified atom stereocenters. The molecule has 16 heavy (non-hydrogen) atoms. The highest BCUT2D eigenvalue weighted by Gasteiger charge is 2.26. The summed E-state index contributed by atoms with van der Waals surface area (Å²) in [4.78, 5) is 8.36. The van der Waals surface area contributed by atoms with Crippen LogP contribution in [0.2, 0.25) is 0 Å². The lowest BCUT2D eigenvalue weighted by atomic mass is 9.79. The molecule has 0 aliphatic heterocycles. The maximum absolute atomic E-state index is 10.3. The van der Waals surface area contributed by atoms with Gasteiger partial charge in [-0.3, -0.25) is 0 Å². The predicted octanol–water partition coefficient (Wildman–Crippen LogP) is 2.64. The molecule has 0 bridgehead atoms. The van der Waals surface area contributed by atoms with Gasteiger partial charge >= 0.3 is 0 Å². The van der Waals surface area contributed by atoms with Crippen molar-refractivity contribution < 1.29 is 5.11 Å². The minimum absolute atomic E-state index is 0.380. The zero-order chi connectivity index (χ0) is 11.5. The molecule has 1 aliphatic carbocycles. The summed E-state index contributed by atoms with van der Waals surface area (Å²) in [7, 11) is 0. The van der Waals surface area contributed by atoms with Crippen LogP contribution in [0.1, 0.15) is 50.2 Å². The Labute approximate surface area is 96.9 Å². The molecule has 0 aromatic carbocycles. The first-order valence-corrected chi connectivity index (χ1v) is 6.14. The Kier molecular flexibility index (Phi) is 3.54. The average Bonchev–Trinajstić information content (AvgIpc) is 2.29. The first-order valence-electron chi connectivity index (χ1n) is 6.14. The Bertz CT molecular complexity index is 346.